The Morgan fingerprint density at radius 3 is 2.30 bits per heavy atom. The number of carboxylic acid groups (broad SMARTS) is 1. The highest BCUT2D eigenvalue weighted by atomic mass is 32.1. The Balaban J connectivity index is 1.66. The maximum absolute atomic E-state index is 15.1. The van der Waals surface area contributed by atoms with Gasteiger partial charge in [0.15, 0.2) is 6.10 Å². The first-order chi connectivity index (χ1) is 28.6. The van der Waals surface area contributed by atoms with E-state index in [9.17, 15) is 24.3 Å². The molecule has 1 fully saturated rings. The Morgan fingerprint density at radius 1 is 0.983 bits per heavy atom. The van der Waals surface area contributed by atoms with Crippen LogP contribution in [0.3, 0.4) is 0 Å². The number of anilines is 1. The Morgan fingerprint density at radius 2 is 1.68 bits per heavy atom. The van der Waals surface area contributed by atoms with Crippen molar-refractivity contribution in [1.29, 1.82) is 0 Å². The minimum Gasteiger partial charge on any atom is -0.481 e. The van der Waals surface area contributed by atoms with Crippen molar-refractivity contribution in [3.05, 3.63) is 81.8 Å². The van der Waals surface area contributed by atoms with Crippen molar-refractivity contribution >= 4 is 46.8 Å². The fraction of sp³-hybridized carbons (Fsp3) is 0.556. The van der Waals surface area contributed by atoms with E-state index in [4.69, 9.17) is 10.5 Å². The normalized spacial score (nSPS) is 17.4. The molecule has 14 nitrogen and oxygen atoms in total. The van der Waals surface area contributed by atoms with Gasteiger partial charge in [0.1, 0.15) is 16.7 Å². The van der Waals surface area contributed by atoms with Crippen LogP contribution >= 0.6 is 11.3 Å². The molecule has 0 radical (unpaired) electrons. The average molecular weight is 848 g/mol. The lowest BCUT2D eigenvalue weighted by Crippen LogP contribution is -2.59. The lowest BCUT2D eigenvalue weighted by atomic mass is 9.91. The summed E-state index contributed by atoms with van der Waals surface area (Å²) in [6.07, 6.45) is 3.00. The monoisotopic (exact) mass is 847 g/mol. The molecule has 0 unspecified atom stereocenters. The van der Waals surface area contributed by atoms with Gasteiger partial charge in [0, 0.05) is 43.2 Å². The SMILES string of the molecule is CC[C@H](C)[C@H](NC(=O)[C@H]1CCCCN1C)C(=O)N(CCc1ccc(N)cc1)[C@H](C[C@@H](OC(=O)NC)c1nc(C(=O)N[C@@H](Cc2ccccc2)C[C@H](C)C(=O)O)cs1)C(C)C. The third kappa shape index (κ3) is 13.8. The third-order valence-corrected chi connectivity index (χ3v) is 12.5. The highest BCUT2D eigenvalue weighted by Crippen LogP contribution is 2.32. The van der Waals surface area contributed by atoms with E-state index in [1.54, 1.807) is 12.3 Å². The van der Waals surface area contributed by atoms with E-state index in [1.807, 2.05) is 94.2 Å². The molecule has 60 heavy (non-hydrogen) atoms. The molecule has 2 heterocycles. The Hall–Kier alpha value is -5.02. The molecule has 0 bridgehead atoms. The van der Waals surface area contributed by atoms with Crippen molar-refractivity contribution < 1.29 is 33.8 Å². The number of carbonyl (C=O) groups excluding carboxylic acids is 4. The third-order valence-electron chi connectivity index (χ3n) is 11.6. The van der Waals surface area contributed by atoms with Gasteiger partial charge in [0.25, 0.3) is 5.91 Å². The maximum atomic E-state index is 15.1. The summed E-state index contributed by atoms with van der Waals surface area (Å²) in [4.78, 5) is 75.9. The van der Waals surface area contributed by atoms with Crippen molar-refractivity contribution in [2.45, 2.75) is 116 Å². The van der Waals surface area contributed by atoms with E-state index >= 15 is 4.79 Å². The van der Waals surface area contributed by atoms with Crippen LogP contribution in [0.1, 0.15) is 106 Å². The van der Waals surface area contributed by atoms with E-state index in [0.717, 1.165) is 48.3 Å². The number of piperidine rings is 1. The number of thiazole rings is 1. The largest absolute Gasteiger partial charge is 0.481 e. The number of ether oxygens (including phenoxy) is 1. The van der Waals surface area contributed by atoms with Crippen LogP contribution in [0.25, 0.3) is 0 Å². The number of aromatic nitrogens is 1. The number of carboxylic acids is 1. The molecule has 1 aliphatic rings. The molecule has 1 aromatic heterocycles. The fourth-order valence-corrected chi connectivity index (χ4v) is 8.51. The van der Waals surface area contributed by atoms with Crippen LogP contribution in [0.2, 0.25) is 0 Å². The Kier molecular flexibility index (Phi) is 18.4. The van der Waals surface area contributed by atoms with Crippen LogP contribution in [0.5, 0.6) is 0 Å². The Labute approximate surface area is 359 Å². The summed E-state index contributed by atoms with van der Waals surface area (Å²) in [6, 6.07) is 14.9. The summed E-state index contributed by atoms with van der Waals surface area (Å²) in [5, 5.41) is 20.3. The molecular weight excluding hydrogens is 783 g/mol. The van der Waals surface area contributed by atoms with Crippen molar-refractivity contribution in [3.63, 3.8) is 0 Å². The number of likely N-dealkylation sites (N-methyl/N-ethyl adjacent to an activating group) is 1. The fourth-order valence-electron chi connectivity index (χ4n) is 7.68. The molecule has 4 rings (SSSR count). The van der Waals surface area contributed by atoms with Crippen LogP contribution in [0.15, 0.2) is 60.0 Å². The number of benzene rings is 2. The second kappa shape index (κ2) is 23.1. The molecule has 6 N–H and O–H groups in total. The van der Waals surface area contributed by atoms with Crippen molar-refractivity contribution in [2.75, 3.05) is 32.9 Å². The second-order valence-electron chi connectivity index (χ2n) is 16.5. The standard InChI is InChI=1S/C45H65N7O7S/c1-8-29(4)39(50-41(54)36-16-12-13-22-51(36)7)43(55)52(23-21-31-17-19-33(46)20-18-31)37(28(2)3)26-38(59-45(58)47-6)42-49-35(27-60-42)40(53)48-34(24-30(5)44(56)57)25-32-14-10-9-11-15-32/h9-11,14-15,17-20,27-30,34,36-39H,8,12-13,16,21-26,46H2,1-7H3,(H,47,58)(H,48,53)(H,50,54)(H,56,57)/t29-,30-,34+,36+,37+,38+,39-/m0/s1. The van der Waals surface area contributed by atoms with E-state index in [-0.39, 0.29) is 48.2 Å². The number of likely N-dealkylation sites (tertiary alicyclic amines) is 1. The zero-order valence-electron chi connectivity index (χ0n) is 36.2. The zero-order chi connectivity index (χ0) is 43.9. The molecule has 0 saturated carbocycles. The molecule has 7 atom stereocenters. The molecule has 1 saturated heterocycles. The number of carbonyl (C=O) groups is 5. The Bertz CT molecular complexity index is 1860. The van der Waals surface area contributed by atoms with Gasteiger partial charge in [-0.2, -0.15) is 0 Å². The van der Waals surface area contributed by atoms with Crippen molar-refractivity contribution in [1.82, 2.24) is 30.7 Å². The molecular formula is C45H65N7O7S. The minimum atomic E-state index is -0.956. The molecule has 1 aliphatic heterocycles. The van der Waals surface area contributed by atoms with Gasteiger partial charge >= 0.3 is 12.1 Å². The van der Waals surface area contributed by atoms with Gasteiger partial charge in [0.2, 0.25) is 11.8 Å². The number of rotatable bonds is 21. The van der Waals surface area contributed by atoms with Gasteiger partial charge in [0.05, 0.1) is 12.0 Å². The van der Waals surface area contributed by atoms with E-state index in [2.05, 4.69) is 25.8 Å². The van der Waals surface area contributed by atoms with Crippen molar-refractivity contribution in [2.24, 2.45) is 17.8 Å². The number of nitrogens with two attached hydrogens (primary N) is 1. The van der Waals surface area contributed by atoms with E-state index in [1.165, 1.54) is 7.05 Å². The summed E-state index contributed by atoms with van der Waals surface area (Å²) >= 11 is 1.16. The molecule has 0 spiro atoms. The summed E-state index contributed by atoms with van der Waals surface area (Å²) < 4.78 is 5.96. The van der Waals surface area contributed by atoms with Gasteiger partial charge in [-0.05, 0) is 80.8 Å². The molecule has 328 valence electrons. The molecule has 2 aromatic carbocycles. The first-order valence-corrected chi connectivity index (χ1v) is 22.1. The number of hydrogen-bond acceptors (Lipinski definition) is 10. The van der Waals surface area contributed by atoms with E-state index in [0.29, 0.717) is 36.5 Å². The number of nitrogens with one attached hydrogen (secondary N) is 3. The zero-order valence-corrected chi connectivity index (χ0v) is 37.0. The van der Waals surface area contributed by atoms with Gasteiger partial charge in [-0.3, -0.25) is 24.1 Å². The highest BCUT2D eigenvalue weighted by molar-refractivity contribution is 7.09. The summed E-state index contributed by atoms with van der Waals surface area (Å²) in [6.45, 7) is 10.7. The average Bonchev–Trinajstić information content (AvgIpc) is 3.73. The lowest BCUT2D eigenvalue weighted by molar-refractivity contribution is -0.142. The number of aliphatic carboxylic acids is 1. The summed E-state index contributed by atoms with van der Waals surface area (Å²) in [7, 11) is 3.40. The van der Waals surface area contributed by atoms with Gasteiger partial charge in [-0.1, -0.05) is 89.9 Å². The number of nitrogens with zero attached hydrogens (tertiary/aromatic N) is 3. The van der Waals surface area contributed by atoms with Crippen LogP contribution in [0, 0.1) is 17.8 Å². The number of hydrogen-bond donors (Lipinski definition) is 5. The number of alkyl carbamates (subject to hydrolysis) is 1. The van der Waals surface area contributed by atoms with Crippen LogP contribution in [-0.2, 0) is 32.0 Å². The molecule has 4 amide bonds. The molecule has 15 heteroatoms. The topological polar surface area (TPSA) is 196 Å². The van der Waals surface area contributed by atoms with Crippen LogP contribution < -0.4 is 21.7 Å². The first kappa shape index (κ1) is 47.7. The predicted molar refractivity (Wildman–Crippen MR) is 234 cm³/mol. The van der Waals surface area contributed by atoms with Crippen LogP contribution in [0.4, 0.5) is 10.5 Å². The van der Waals surface area contributed by atoms with Crippen LogP contribution in [-0.4, -0.2) is 101 Å². The minimum absolute atomic E-state index is 0.103. The second-order valence-corrected chi connectivity index (χ2v) is 17.4. The summed E-state index contributed by atoms with van der Waals surface area (Å²) in [5.41, 5.74) is 8.65. The van der Waals surface area contributed by atoms with Crippen molar-refractivity contribution in [3.8, 4) is 0 Å². The predicted octanol–water partition coefficient (Wildman–Crippen LogP) is 6.08. The molecule has 3 aromatic rings. The maximum Gasteiger partial charge on any atom is 0.407 e. The van der Waals surface area contributed by atoms with Gasteiger partial charge < -0.3 is 36.4 Å². The van der Waals surface area contributed by atoms with E-state index < -0.39 is 48.1 Å². The molecule has 0 aliphatic carbocycles. The quantitative estimate of drug-likeness (QED) is 0.0785. The van der Waals surface area contributed by atoms with Gasteiger partial charge in [-0.15, -0.1) is 11.3 Å². The lowest BCUT2D eigenvalue weighted by Gasteiger charge is -2.40. The smallest absolute Gasteiger partial charge is 0.407 e. The summed E-state index contributed by atoms with van der Waals surface area (Å²) in [5.74, 6) is -2.82. The first-order valence-electron chi connectivity index (χ1n) is 21.2. The highest BCUT2D eigenvalue weighted by Gasteiger charge is 2.39. The van der Waals surface area contributed by atoms with Gasteiger partial charge in [-0.25, -0.2) is 9.78 Å². The number of nitrogen functional groups attached to an aromatic ring is 1. The number of amides is 4.